The number of benzene rings is 15. The zero-order valence-corrected chi connectivity index (χ0v) is 42.0. The molecule has 0 N–H and O–H groups in total. The first-order valence-corrected chi connectivity index (χ1v) is 26.6. The number of hydrogen-bond acceptors (Lipinski definition) is 1. The molecule has 0 aliphatic heterocycles. The van der Waals surface area contributed by atoms with Gasteiger partial charge in [0.15, 0.2) is 0 Å². The van der Waals surface area contributed by atoms with Crippen molar-refractivity contribution < 1.29 is 4.42 Å². The molecule has 0 bridgehead atoms. The normalized spacial score (nSPS) is 11.9. The van der Waals surface area contributed by atoms with Gasteiger partial charge in [0.1, 0.15) is 11.2 Å². The standard InChI is InChI=1S/C76H46O/c1-2-19-48(20-3-1)71-60-22-6-10-26-64(60)73(65-27-11-7-23-61(65)71)59-34-16-32-57-55(30-14-33-58(57)59)52-42-39-51-46-54(43-40-50(51)45-52)72-62-24-8-12-28-66(62)74(67-29-13-9-25-63(67)72)70-37-17-36-69-68-35-15-31-56(75(68)77-76(69)70)53-41-38-47-18-4-5-21-49(47)44-53/h1-46H. The van der Waals surface area contributed by atoms with Crippen LogP contribution in [0.1, 0.15) is 0 Å². The van der Waals surface area contributed by atoms with Gasteiger partial charge in [-0.15, -0.1) is 0 Å². The van der Waals surface area contributed by atoms with Crippen LogP contribution >= 0.6 is 0 Å². The first kappa shape index (κ1) is 43.3. The summed E-state index contributed by atoms with van der Waals surface area (Å²) in [4.78, 5) is 0. The van der Waals surface area contributed by atoms with Gasteiger partial charge in [-0.05, 0) is 144 Å². The molecule has 0 saturated carbocycles. The Bertz CT molecular complexity index is 4980. The van der Waals surface area contributed by atoms with E-state index in [0.717, 1.165) is 38.6 Å². The monoisotopic (exact) mass is 974 g/mol. The molecule has 1 heterocycles. The topological polar surface area (TPSA) is 13.1 Å². The van der Waals surface area contributed by atoms with Gasteiger partial charge >= 0.3 is 0 Å². The second-order valence-corrected chi connectivity index (χ2v) is 20.6. The minimum Gasteiger partial charge on any atom is -0.455 e. The molecule has 356 valence electrons. The van der Waals surface area contributed by atoms with E-state index in [0.29, 0.717) is 0 Å². The summed E-state index contributed by atoms with van der Waals surface area (Å²) < 4.78 is 7.14. The van der Waals surface area contributed by atoms with Crippen LogP contribution in [0.15, 0.2) is 283 Å². The Labute approximate surface area is 445 Å². The Kier molecular flexibility index (Phi) is 9.71. The summed E-state index contributed by atoms with van der Waals surface area (Å²) in [6.07, 6.45) is 0. The van der Waals surface area contributed by atoms with Crippen molar-refractivity contribution in [3.63, 3.8) is 0 Å². The molecule has 0 atom stereocenters. The molecule has 0 aliphatic carbocycles. The Morgan fingerprint density at radius 2 is 0.506 bits per heavy atom. The van der Waals surface area contributed by atoms with E-state index in [1.165, 1.54) is 125 Å². The summed E-state index contributed by atoms with van der Waals surface area (Å²) in [5.41, 5.74) is 16.2. The Morgan fingerprint density at radius 3 is 1.08 bits per heavy atom. The molecule has 16 aromatic rings. The van der Waals surface area contributed by atoms with Gasteiger partial charge in [0, 0.05) is 27.5 Å². The van der Waals surface area contributed by atoms with Gasteiger partial charge in [-0.2, -0.15) is 0 Å². The summed E-state index contributed by atoms with van der Waals surface area (Å²) in [6.45, 7) is 0. The van der Waals surface area contributed by atoms with E-state index >= 15 is 0 Å². The van der Waals surface area contributed by atoms with Crippen LogP contribution < -0.4 is 0 Å². The van der Waals surface area contributed by atoms with Crippen LogP contribution in [0.25, 0.3) is 164 Å². The molecule has 77 heavy (non-hydrogen) atoms. The van der Waals surface area contributed by atoms with Crippen molar-refractivity contribution in [1.29, 1.82) is 0 Å². The van der Waals surface area contributed by atoms with Gasteiger partial charge in [0.25, 0.3) is 0 Å². The number of rotatable bonds is 6. The predicted octanol–water partition coefficient (Wildman–Crippen LogP) is 21.7. The van der Waals surface area contributed by atoms with E-state index < -0.39 is 0 Å². The van der Waals surface area contributed by atoms with Crippen molar-refractivity contribution in [2.75, 3.05) is 0 Å². The smallest absolute Gasteiger partial charge is 0.143 e. The summed E-state index contributed by atoms with van der Waals surface area (Å²) in [7, 11) is 0. The van der Waals surface area contributed by atoms with Crippen LogP contribution in [0.4, 0.5) is 0 Å². The third kappa shape index (κ3) is 6.74. The van der Waals surface area contributed by atoms with Gasteiger partial charge < -0.3 is 4.42 Å². The van der Waals surface area contributed by atoms with E-state index in [4.69, 9.17) is 4.42 Å². The second kappa shape index (κ2) is 17.2. The van der Waals surface area contributed by atoms with E-state index in [2.05, 4.69) is 279 Å². The molecule has 1 aromatic heterocycles. The lowest BCUT2D eigenvalue weighted by Crippen LogP contribution is -1.92. The molecule has 0 radical (unpaired) electrons. The van der Waals surface area contributed by atoms with Crippen LogP contribution in [-0.2, 0) is 0 Å². The highest BCUT2D eigenvalue weighted by Gasteiger charge is 2.23. The summed E-state index contributed by atoms with van der Waals surface area (Å²) >= 11 is 0. The minimum atomic E-state index is 0.905. The lowest BCUT2D eigenvalue weighted by atomic mass is 9.84. The number of fused-ring (bicyclic) bond motifs is 10. The second-order valence-electron chi connectivity index (χ2n) is 20.6. The van der Waals surface area contributed by atoms with Crippen molar-refractivity contribution in [3.05, 3.63) is 279 Å². The van der Waals surface area contributed by atoms with E-state index in [1.54, 1.807) is 0 Å². The molecule has 0 aliphatic rings. The van der Waals surface area contributed by atoms with Crippen LogP contribution in [0.3, 0.4) is 0 Å². The fourth-order valence-electron chi connectivity index (χ4n) is 13.0. The lowest BCUT2D eigenvalue weighted by molar-refractivity contribution is 0.671. The Morgan fingerprint density at radius 1 is 0.169 bits per heavy atom. The maximum absolute atomic E-state index is 7.14. The molecule has 0 amide bonds. The van der Waals surface area contributed by atoms with E-state index in [9.17, 15) is 0 Å². The summed E-state index contributed by atoms with van der Waals surface area (Å²) in [5.74, 6) is 0. The third-order valence-corrected chi connectivity index (χ3v) is 16.4. The van der Waals surface area contributed by atoms with Gasteiger partial charge in [-0.25, -0.2) is 0 Å². The highest BCUT2D eigenvalue weighted by Crippen LogP contribution is 2.49. The molecule has 0 unspecified atom stereocenters. The van der Waals surface area contributed by atoms with Gasteiger partial charge in [0.05, 0.1) is 0 Å². The molecule has 1 heteroatoms. The Hall–Kier alpha value is -10.1. The van der Waals surface area contributed by atoms with Crippen molar-refractivity contribution >= 4 is 97.3 Å². The largest absolute Gasteiger partial charge is 0.455 e. The molecule has 15 aromatic carbocycles. The van der Waals surface area contributed by atoms with Crippen molar-refractivity contribution in [2.24, 2.45) is 0 Å². The first-order chi connectivity index (χ1) is 38.2. The molecular weight excluding hydrogens is 929 g/mol. The van der Waals surface area contributed by atoms with Crippen LogP contribution in [-0.4, -0.2) is 0 Å². The van der Waals surface area contributed by atoms with Crippen molar-refractivity contribution in [1.82, 2.24) is 0 Å². The summed E-state index contributed by atoms with van der Waals surface area (Å²) in [6, 6.07) is 103. The lowest BCUT2D eigenvalue weighted by Gasteiger charge is -2.19. The van der Waals surface area contributed by atoms with Crippen LogP contribution in [0, 0.1) is 0 Å². The fourth-order valence-corrected chi connectivity index (χ4v) is 13.0. The summed E-state index contributed by atoms with van der Waals surface area (Å²) in [5, 5.41) is 19.4. The third-order valence-electron chi connectivity index (χ3n) is 16.4. The molecular formula is C76H46O. The van der Waals surface area contributed by atoms with E-state index in [1.807, 2.05) is 0 Å². The highest BCUT2D eigenvalue weighted by molar-refractivity contribution is 6.26. The van der Waals surface area contributed by atoms with Gasteiger partial charge in [-0.1, -0.05) is 261 Å². The quantitative estimate of drug-likeness (QED) is 0.151. The zero-order chi connectivity index (χ0) is 50.6. The van der Waals surface area contributed by atoms with Gasteiger partial charge in [-0.3, -0.25) is 0 Å². The van der Waals surface area contributed by atoms with E-state index in [-0.39, 0.29) is 0 Å². The van der Waals surface area contributed by atoms with Crippen LogP contribution in [0.5, 0.6) is 0 Å². The average molecular weight is 975 g/mol. The molecule has 1 nitrogen and oxygen atoms in total. The number of furan rings is 1. The zero-order valence-electron chi connectivity index (χ0n) is 42.0. The fraction of sp³-hybridized carbons (Fsp3) is 0. The maximum Gasteiger partial charge on any atom is 0.143 e. The van der Waals surface area contributed by atoms with Crippen molar-refractivity contribution in [3.8, 4) is 66.8 Å². The number of para-hydroxylation sites is 2. The molecule has 16 rings (SSSR count). The predicted molar refractivity (Wildman–Crippen MR) is 329 cm³/mol. The SMILES string of the molecule is c1ccc(-c2c3ccccc3c(-c3cccc4c(-c5ccc6cc(-c7c8ccccc8c(-c8cccc9c8oc8c(-c%10ccc%11ccccc%11c%10)cccc89)c8ccccc78)ccc6c5)cccc34)c3ccccc23)cc1. The van der Waals surface area contributed by atoms with Gasteiger partial charge in [0.2, 0.25) is 0 Å². The van der Waals surface area contributed by atoms with Crippen LogP contribution in [0.2, 0.25) is 0 Å². The average Bonchev–Trinajstić information content (AvgIpc) is 3.92. The molecule has 0 spiro atoms. The highest BCUT2D eigenvalue weighted by atomic mass is 16.3. The molecule has 0 fully saturated rings. The Balaban J connectivity index is 0.821. The van der Waals surface area contributed by atoms with Crippen molar-refractivity contribution in [2.45, 2.75) is 0 Å². The number of hydrogen-bond donors (Lipinski definition) is 0. The minimum absolute atomic E-state index is 0.905. The molecule has 0 saturated heterocycles. The maximum atomic E-state index is 7.14. The first-order valence-electron chi connectivity index (χ1n) is 26.6.